The van der Waals surface area contributed by atoms with Gasteiger partial charge in [0, 0.05) is 43.1 Å². The zero-order chi connectivity index (χ0) is 14.8. The summed E-state index contributed by atoms with van der Waals surface area (Å²) in [5, 5.41) is 3.39. The van der Waals surface area contributed by atoms with Gasteiger partial charge in [-0.25, -0.2) is 9.97 Å². The highest BCUT2D eigenvalue weighted by Crippen LogP contribution is 2.20. The van der Waals surface area contributed by atoms with Crippen LogP contribution in [0.25, 0.3) is 0 Å². The van der Waals surface area contributed by atoms with Crippen molar-refractivity contribution in [3.05, 3.63) is 18.0 Å². The Labute approximate surface area is 119 Å². The van der Waals surface area contributed by atoms with Crippen LogP contribution in [0.2, 0.25) is 0 Å². The van der Waals surface area contributed by atoms with Crippen molar-refractivity contribution in [3.63, 3.8) is 0 Å². The van der Waals surface area contributed by atoms with Gasteiger partial charge >= 0.3 is 0 Å². The van der Waals surface area contributed by atoms with Gasteiger partial charge in [-0.05, 0) is 27.2 Å². The van der Waals surface area contributed by atoms with Gasteiger partial charge in [0.25, 0.3) is 0 Å². The summed E-state index contributed by atoms with van der Waals surface area (Å²) in [4.78, 5) is 21.9. The second-order valence-corrected chi connectivity index (χ2v) is 6.33. The lowest BCUT2D eigenvalue weighted by Crippen LogP contribution is -2.35. The van der Waals surface area contributed by atoms with Gasteiger partial charge < -0.3 is 16.0 Å². The van der Waals surface area contributed by atoms with Crippen molar-refractivity contribution >= 4 is 11.9 Å². The average Bonchev–Trinajstić information content (AvgIpc) is 2.86. The van der Waals surface area contributed by atoms with E-state index in [1.165, 1.54) is 0 Å². The number of nitrogens with two attached hydrogens (primary N) is 1. The van der Waals surface area contributed by atoms with Gasteiger partial charge in [0.1, 0.15) is 0 Å². The molecule has 1 atom stereocenters. The Balaban J connectivity index is 1.94. The highest BCUT2D eigenvalue weighted by molar-refractivity contribution is 5.78. The molecule has 0 spiro atoms. The molecular weight excluding hydrogens is 254 g/mol. The molecule has 1 aromatic rings. The number of nitrogens with one attached hydrogen (secondary N) is 1. The maximum absolute atomic E-state index is 11.2. The third-order valence-electron chi connectivity index (χ3n) is 3.39. The number of hydrogen-bond donors (Lipinski definition) is 2. The van der Waals surface area contributed by atoms with Gasteiger partial charge in [0.15, 0.2) is 0 Å². The fourth-order valence-corrected chi connectivity index (χ4v) is 2.14. The second kappa shape index (κ2) is 5.75. The molecule has 2 rings (SSSR count). The Morgan fingerprint density at radius 1 is 1.45 bits per heavy atom. The van der Waals surface area contributed by atoms with Gasteiger partial charge in [-0.3, -0.25) is 4.79 Å². The lowest BCUT2D eigenvalue weighted by Gasteiger charge is -2.20. The van der Waals surface area contributed by atoms with Crippen molar-refractivity contribution in [1.29, 1.82) is 0 Å². The highest BCUT2D eigenvalue weighted by Gasteiger charge is 2.27. The molecule has 2 heterocycles. The maximum atomic E-state index is 11.2. The molecule has 1 aliphatic rings. The van der Waals surface area contributed by atoms with Crippen LogP contribution in [0.5, 0.6) is 0 Å². The largest absolute Gasteiger partial charge is 0.369 e. The van der Waals surface area contributed by atoms with E-state index in [1.54, 1.807) is 0 Å². The van der Waals surface area contributed by atoms with Crippen LogP contribution in [0.15, 0.2) is 12.4 Å². The number of aromatic nitrogens is 2. The van der Waals surface area contributed by atoms with Crippen molar-refractivity contribution in [1.82, 2.24) is 15.3 Å². The minimum atomic E-state index is -0.238. The first-order valence-electron chi connectivity index (χ1n) is 6.95. The van der Waals surface area contributed by atoms with Crippen molar-refractivity contribution in [2.75, 3.05) is 18.0 Å². The molecular formula is C14H23N5O. The van der Waals surface area contributed by atoms with Gasteiger partial charge in [-0.15, -0.1) is 0 Å². The number of carbonyl (C=O) groups excluding carboxylic acids is 1. The fraction of sp³-hybridized carbons (Fsp3) is 0.643. The van der Waals surface area contributed by atoms with E-state index in [0.717, 1.165) is 25.1 Å². The molecule has 3 N–H and O–H groups in total. The first-order valence-corrected chi connectivity index (χ1v) is 6.95. The molecule has 110 valence electrons. The molecule has 0 radical (unpaired) electrons. The van der Waals surface area contributed by atoms with E-state index >= 15 is 0 Å². The molecule has 6 nitrogen and oxygen atoms in total. The monoisotopic (exact) mass is 277 g/mol. The van der Waals surface area contributed by atoms with Crippen molar-refractivity contribution in [2.45, 2.75) is 39.3 Å². The molecule has 0 aromatic carbocycles. The van der Waals surface area contributed by atoms with Gasteiger partial charge in [-0.2, -0.15) is 0 Å². The van der Waals surface area contributed by atoms with Crippen LogP contribution in [-0.4, -0.2) is 34.5 Å². The maximum Gasteiger partial charge on any atom is 0.225 e. The number of hydrogen-bond acceptors (Lipinski definition) is 5. The van der Waals surface area contributed by atoms with E-state index in [4.69, 9.17) is 5.73 Å². The van der Waals surface area contributed by atoms with Crippen LogP contribution >= 0.6 is 0 Å². The number of nitrogens with zero attached hydrogens (tertiary/aromatic N) is 3. The number of rotatable bonds is 4. The van der Waals surface area contributed by atoms with Crippen LogP contribution in [0.3, 0.4) is 0 Å². The van der Waals surface area contributed by atoms with Gasteiger partial charge in [-0.1, -0.05) is 0 Å². The molecule has 0 aliphatic carbocycles. The lowest BCUT2D eigenvalue weighted by atomic mass is 10.1. The Morgan fingerprint density at radius 2 is 2.10 bits per heavy atom. The Morgan fingerprint density at radius 3 is 2.60 bits per heavy atom. The van der Waals surface area contributed by atoms with E-state index in [1.807, 2.05) is 17.3 Å². The van der Waals surface area contributed by atoms with Crippen LogP contribution < -0.4 is 16.0 Å². The molecule has 1 aliphatic heterocycles. The Kier molecular flexibility index (Phi) is 4.23. The van der Waals surface area contributed by atoms with Crippen LogP contribution in [0.1, 0.15) is 32.8 Å². The summed E-state index contributed by atoms with van der Waals surface area (Å²) in [5.41, 5.74) is 6.45. The molecule has 1 aromatic heterocycles. The first kappa shape index (κ1) is 14.7. The summed E-state index contributed by atoms with van der Waals surface area (Å²) in [6.45, 7) is 8.51. The number of amides is 1. The first-order chi connectivity index (χ1) is 9.35. The minimum Gasteiger partial charge on any atom is -0.369 e. The summed E-state index contributed by atoms with van der Waals surface area (Å²) in [7, 11) is 0. The molecule has 0 saturated carbocycles. The van der Waals surface area contributed by atoms with E-state index in [2.05, 4.69) is 36.1 Å². The van der Waals surface area contributed by atoms with E-state index in [9.17, 15) is 4.79 Å². The fourth-order valence-electron chi connectivity index (χ4n) is 2.14. The van der Waals surface area contributed by atoms with E-state index < -0.39 is 0 Å². The summed E-state index contributed by atoms with van der Waals surface area (Å²) < 4.78 is 0. The lowest BCUT2D eigenvalue weighted by molar-refractivity contribution is -0.121. The van der Waals surface area contributed by atoms with Crippen molar-refractivity contribution < 1.29 is 4.79 Å². The zero-order valence-corrected chi connectivity index (χ0v) is 12.4. The molecule has 1 fully saturated rings. The molecule has 1 unspecified atom stereocenters. The molecule has 0 bridgehead atoms. The van der Waals surface area contributed by atoms with Crippen molar-refractivity contribution in [3.8, 4) is 0 Å². The Bertz CT molecular complexity index is 465. The number of primary amides is 1. The predicted octanol–water partition coefficient (Wildman–Crippen LogP) is 0.676. The van der Waals surface area contributed by atoms with Crippen LogP contribution in [0, 0.1) is 5.92 Å². The minimum absolute atomic E-state index is 0.0718. The Hall–Kier alpha value is -1.69. The number of carbonyl (C=O) groups is 1. The summed E-state index contributed by atoms with van der Waals surface area (Å²) in [6, 6.07) is 0. The third kappa shape index (κ3) is 3.90. The standard InChI is InChI=1S/C14H23N5O/c1-14(2,3)18-8-10-6-16-13(17-7-10)19-5-4-11(9-19)12(15)20/h6-7,11,18H,4-5,8-9H2,1-3H3,(H2,15,20). The van der Waals surface area contributed by atoms with Crippen LogP contribution in [-0.2, 0) is 11.3 Å². The molecule has 1 amide bonds. The normalized spacial score (nSPS) is 19.4. The summed E-state index contributed by atoms with van der Waals surface area (Å²) in [5.74, 6) is 0.354. The smallest absolute Gasteiger partial charge is 0.225 e. The zero-order valence-electron chi connectivity index (χ0n) is 12.4. The second-order valence-electron chi connectivity index (χ2n) is 6.33. The molecule has 6 heteroatoms. The van der Waals surface area contributed by atoms with Gasteiger partial charge in [0.2, 0.25) is 11.9 Å². The summed E-state index contributed by atoms with van der Waals surface area (Å²) >= 11 is 0. The van der Waals surface area contributed by atoms with E-state index in [0.29, 0.717) is 12.5 Å². The van der Waals surface area contributed by atoms with Gasteiger partial charge in [0.05, 0.1) is 5.92 Å². The highest BCUT2D eigenvalue weighted by atomic mass is 16.1. The third-order valence-corrected chi connectivity index (χ3v) is 3.39. The average molecular weight is 277 g/mol. The summed E-state index contributed by atoms with van der Waals surface area (Å²) in [6.07, 6.45) is 4.45. The predicted molar refractivity (Wildman–Crippen MR) is 78.1 cm³/mol. The SMILES string of the molecule is CC(C)(C)NCc1cnc(N2CCC(C(N)=O)C2)nc1. The molecule has 20 heavy (non-hydrogen) atoms. The topological polar surface area (TPSA) is 84.1 Å². The number of anilines is 1. The van der Waals surface area contributed by atoms with Crippen LogP contribution in [0.4, 0.5) is 5.95 Å². The van der Waals surface area contributed by atoms with E-state index in [-0.39, 0.29) is 17.4 Å². The quantitative estimate of drug-likeness (QED) is 0.845. The van der Waals surface area contributed by atoms with Crippen molar-refractivity contribution in [2.24, 2.45) is 11.7 Å². The molecule has 1 saturated heterocycles.